The zero-order valence-electron chi connectivity index (χ0n) is 10.2. The second-order valence-electron chi connectivity index (χ2n) is 5.03. The molecule has 1 aliphatic carbocycles. The van der Waals surface area contributed by atoms with E-state index in [9.17, 15) is 0 Å². The molecule has 3 heteroatoms. The summed E-state index contributed by atoms with van der Waals surface area (Å²) < 4.78 is 2.12. The first-order valence-electron chi connectivity index (χ1n) is 6.52. The first-order valence-corrected chi connectivity index (χ1v) is 6.52. The summed E-state index contributed by atoms with van der Waals surface area (Å²) in [6, 6.07) is 0. The molecule has 16 heavy (non-hydrogen) atoms. The molecule has 0 unspecified atom stereocenters. The minimum Gasteiger partial charge on any atom is -0.336 e. The van der Waals surface area contributed by atoms with Crippen LogP contribution < -0.4 is 5.32 Å². The highest BCUT2D eigenvalue weighted by Gasteiger charge is 2.20. The summed E-state index contributed by atoms with van der Waals surface area (Å²) in [6.07, 6.45) is 11.4. The van der Waals surface area contributed by atoms with E-state index in [4.69, 9.17) is 0 Å². The Labute approximate surface area is 98.3 Å². The molecule has 3 nitrogen and oxygen atoms in total. The highest BCUT2D eigenvalue weighted by atomic mass is 15.0. The van der Waals surface area contributed by atoms with Gasteiger partial charge in [-0.05, 0) is 24.8 Å². The molecule has 1 heterocycles. The van der Waals surface area contributed by atoms with Gasteiger partial charge in [-0.15, -0.1) is 0 Å². The number of hydrogen-bond donors (Lipinski definition) is 1. The molecule has 1 aromatic rings. The molecule has 0 amide bonds. The van der Waals surface area contributed by atoms with Crippen LogP contribution in [0.4, 0.5) is 0 Å². The van der Waals surface area contributed by atoms with E-state index in [0.717, 1.165) is 24.9 Å². The lowest BCUT2D eigenvalue weighted by molar-refractivity contribution is 0.247. The molecule has 1 N–H and O–H groups in total. The maximum absolute atomic E-state index is 4.04. The summed E-state index contributed by atoms with van der Waals surface area (Å²) in [5.41, 5.74) is 0. The maximum atomic E-state index is 4.04. The fourth-order valence-corrected chi connectivity index (χ4v) is 2.61. The fraction of sp³-hybridized carbons (Fsp3) is 0.769. The van der Waals surface area contributed by atoms with E-state index in [2.05, 4.69) is 21.8 Å². The zero-order valence-corrected chi connectivity index (χ0v) is 10.2. The van der Waals surface area contributed by atoms with Gasteiger partial charge in [-0.3, -0.25) is 0 Å². The van der Waals surface area contributed by atoms with Crippen molar-refractivity contribution in [2.45, 2.75) is 39.2 Å². The van der Waals surface area contributed by atoms with Crippen molar-refractivity contribution in [1.82, 2.24) is 14.9 Å². The minimum absolute atomic E-state index is 0.900. The van der Waals surface area contributed by atoms with E-state index in [-0.39, 0.29) is 0 Å². The Hall–Kier alpha value is -0.830. The maximum Gasteiger partial charge on any atom is 0.0946 e. The summed E-state index contributed by atoms with van der Waals surface area (Å²) in [5, 5.41) is 3.58. The van der Waals surface area contributed by atoms with E-state index in [1.807, 2.05) is 18.7 Å². The van der Waals surface area contributed by atoms with Crippen LogP contribution >= 0.6 is 0 Å². The van der Waals surface area contributed by atoms with Gasteiger partial charge in [0, 0.05) is 25.5 Å². The number of aromatic nitrogens is 2. The molecule has 1 aliphatic rings. The molecule has 2 rings (SSSR count). The Kier molecular flexibility index (Phi) is 4.40. The predicted molar refractivity (Wildman–Crippen MR) is 66.2 cm³/mol. The third-order valence-electron chi connectivity index (χ3n) is 3.80. The van der Waals surface area contributed by atoms with Gasteiger partial charge in [0.15, 0.2) is 0 Å². The van der Waals surface area contributed by atoms with Gasteiger partial charge in [0.2, 0.25) is 0 Å². The van der Waals surface area contributed by atoms with E-state index in [1.165, 1.54) is 32.2 Å². The van der Waals surface area contributed by atoms with Gasteiger partial charge in [-0.1, -0.05) is 26.2 Å². The molecule has 1 aromatic heterocycles. The van der Waals surface area contributed by atoms with Gasteiger partial charge in [0.05, 0.1) is 6.33 Å². The van der Waals surface area contributed by atoms with Gasteiger partial charge < -0.3 is 9.88 Å². The van der Waals surface area contributed by atoms with E-state index in [1.54, 1.807) is 0 Å². The van der Waals surface area contributed by atoms with Crippen molar-refractivity contribution in [3.05, 3.63) is 18.7 Å². The molecule has 90 valence electrons. The standard InChI is InChI=1S/C13H23N3/c1-12-4-2-3-5-13(12)10-14-6-8-16-9-7-15-11-16/h7,9,11-14H,2-6,8,10H2,1H3/t12-,13+/m1/s1. The lowest BCUT2D eigenvalue weighted by atomic mass is 9.80. The highest BCUT2D eigenvalue weighted by Crippen LogP contribution is 2.28. The zero-order chi connectivity index (χ0) is 11.2. The van der Waals surface area contributed by atoms with Gasteiger partial charge in [0.1, 0.15) is 0 Å². The quantitative estimate of drug-likeness (QED) is 0.773. The molecular weight excluding hydrogens is 198 g/mol. The van der Waals surface area contributed by atoms with Crippen molar-refractivity contribution in [2.24, 2.45) is 11.8 Å². The average Bonchev–Trinajstić information content (AvgIpc) is 2.79. The van der Waals surface area contributed by atoms with Crippen molar-refractivity contribution >= 4 is 0 Å². The van der Waals surface area contributed by atoms with E-state index < -0.39 is 0 Å². The third kappa shape index (κ3) is 3.34. The summed E-state index contributed by atoms with van der Waals surface area (Å²) in [7, 11) is 0. The van der Waals surface area contributed by atoms with Crippen LogP contribution in [0, 0.1) is 11.8 Å². The monoisotopic (exact) mass is 221 g/mol. The summed E-state index contributed by atoms with van der Waals surface area (Å²) in [6.45, 7) is 5.68. The van der Waals surface area contributed by atoms with Crippen LogP contribution in [0.5, 0.6) is 0 Å². The van der Waals surface area contributed by atoms with Crippen LogP contribution in [-0.2, 0) is 6.54 Å². The van der Waals surface area contributed by atoms with E-state index >= 15 is 0 Å². The fourth-order valence-electron chi connectivity index (χ4n) is 2.61. The van der Waals surface area contributed by atoms with Crippen LogP contribution in [-0.4, -0.2) is 22.6 Å². The Bertz CT molecular complexity index is 281. The Balaban J connectivity index is 1.60. The summed E-state index contributed by atoms with van der Waals surface area (Å²) in [5.74, 6) is 1.81. The van der Waals surface area contributed by atoms with Crippen LogP contribution in [0.25, 0.3) is 0 Å². The van der Waals surface area contributed by atoms with Gasteiger partial charge in [-0.2, -0.15) is 0 Å². The number of nitrogens with zero attached hydrogens (tertiary/aromatic N) is 2. The molecular formula is C13H23N3. The Morgan fingerprint density at radius 3 is 3.00 bits per heavy atom. The molecule has 0 radical (unpaired) electrons. The smallest absolute Gasteiger partial charge is 0.0946 e. The van der Waals surface area contributed by atoms with Crippen molar-refractivity contribution in [3.8, 4) is 0 Å². The van der Waals surface area contributed by atoms with Crippen LogP contribution in [0.2, 0.25) is 0 Å². The summed E-state index contributed by atoms with van der Waals surface area (Å²) in [4.78, 5) is 4.04. The largest absolute Gasteiger partial charge is 0.336 e. The van der Waals surface area contributed by atoms with Crippen molar-refractivity contribution in [3.63, 3.8) is 0 Å². The number of nitrogens with one attached hydrogen (secondary N) is 1. The van der Waals surface area contributed by atoms with Gasteiger partial charge in [-0.25, -0.2) is 4.98 Å². The van der Waals surface area contributed by atoms with Crippen LogP contribution in [0.1, 0.15) is 32.6 Å². The number of hydrogen-bond acceptors (Lipinski definition) is 2. The average molecular weight is 221 g/mol. The van der Waals surface area contributed by atoms with Crippen molar-refractivity contribution in [1.29, 1.82) is 0 Å². The molecule has 0 saturated heterocycles. The SMILES string of the molecule is C[C@@H]1CCCC[C@H]1CNCCn1ccnc1. The third-order valence-corrected chi connectivity index (χ3v) is 3.80. The Morgan fingerprint density at radius 2 is 2.25 bits per heavy atom. The molecule has 0 aromatic carbocycles. The minimum atomic E-state index is 0.900. The molecule has 2 atom stereocenters. The van der Waals surface area contributed by atoms with Crippen molar-refractivity contribution in [2.75, 3.05) is 13.1 Å². The number of rotatable bonds is 5. The molecule has 1 saturated carbocycles. The van der Waals surface area contributed by atoms with Crippen LogP contribution in [0.3, 0.4) is 0 Å². The van der Waals surface area contributed by atoms with Gasteiger partial charge in [0.25, 0.3) is 0 Å². The predicted octanol–water partition coefficient (Wildman–Crippen LogP) is 2.30. The normalized spacial score (nSPS) is 25.8. The van der Waals surface area contributed by atoms with E-state index in [0.29, 0.717) is 0 Å². The molecule has 0 bridgehead atoms. The number of imidazole rings is 1. The first-order chi connectivity index (χ1) is 7.86. The highest BCUT2D eigenvalue weighted by molar-refractivity contribution is 4.76. The van der Waals surface area contributed by atoms with Gasteiger partial charge >= 0.3 is 0 Å². The first kappa shape index (κ1) is 11.6. The summed E-state index contributed by atoms with van der Waals surface area (Å²) >= 11 is 0. The Morgan fingerprint density at radius 1 is 1.38 bits per heavy atom. The molecule has 0 spiro atoms. The second-order valence-corrected chi connectivity index (χ2v) is 5.03. The lowest BCUT2D eigenvalue weighted by Gasteiger charge is -2.28. The topological polar surface area (TPSA) is 29.9 Å². The van der Waals surface area contributed by atoms with Crippen molar-refractivity contribution < 1.29 is 0 Å². The molecule has 1 fully saturated rings. The molecule has 0 aliphatic heterocycles. The van der Waals surface area contributed by atoms with Crippen LogP contribution in [0.15, 0.2) is 18.7 Å². The lowest BCUT2D eigenvalue weighted by Crippen LogP contribution is -2.31. The second kappa shape index (κ2) is 6.04.